The van der Waals surface area contributed by atoms with Crippen molar-refractivity contribution in [3.8, 4) is 11.5 Å². The van der Waals surface area contributed by atoms with Gasteiger partial charge in [-0.2, -0.15) is 0 Å². The number of aryl methyl sites for hydroxylation is 4. The summed E-state index contributed by atoms with van der Waals surface area (Å²) in [6, 6.07) is 17.1. The molecule has 3 aromatic carbocycles. The molecule has 0 heterocycles. The first-order valence-electron chi connectivity index (χ1n) is 9.89. The van der Waals surface area contributed by atoms with E-state index in [2.05, 4.69) is 62.4 Å². The molecular formula is C26H30O2. The molecule has 2 atom stereocenters. The Bertz CT molecular complexity index is 871. The Morgan fingerprint density at radius 2 is 0.750 bits per heavy atom. The van der Waals surface area contributed by atoms with Gasteiger partial charge in [0.1, 0.15) is 11.5 Å². The number of phenols is 2. The monoisotopic (exact) mass is 374 g/mol. The summed E-state index contributed by atoms with van der Waals surface area (Å²) in [4.78, 5) is 0. The highest BCUT2D eigenvalue weighted by Gasteiger charge is 2.15. The Morgan fingerprint density at radius 1 is 0.500 bits per heavy atom. The molecular weight excluding hydrogens is 344 g/mol. The van der Waals surface area contributed by atoms with Crippen LogP contribution in [0.3, 0.4) is 0 Å². The lowest BCUT2D eigenvalue weighted by atomic mass is 9.87. The van der Waals surface area contributed by atoms with Crippen molar-refractivity contribution in [3.63, 3.8) is 0 Å². The molecule has 2 heteroatoms. The van der Waals surface area contributed by atoms with Crippen LogP contribution in [-0.4, -0.2) is 10.2 Å². The minimum atomic E-state index is 0.264. The summed E-state index contributed by atoms with van der Waals surface area (Å²) >= 11 is 0. The van der Waals surface area contributed by atoms with Gasteiger partial charge in [-0.25, -0.2) is 0 Å². The van der Waals surface area contributed by atoms with Crippen LogP contribution in [0, 0.1) is 27.7 Å². The van der Waals surface area contributed by atoms with E-state index in [0.717, 1.165) is 22.3 Å². The summed E-state index contributed by atoms with van der Waals surface area (Å²) in [5, 5.41) is 20.1. The molecule has 0 amide bonds. The summed E-state index contributed by atoms with van der Waals surface area (Å²) in [6.07, 6.45) is 0. The van der Waals surface area contributed by atoms with Crippen LogP contribution < -0.4 is 0 Å². The fraction of sp³-hybridized carbons (Fsp3) is 0.308. The molecule has 146 valence electrons. The van der Waals surface area contributed by atoms with Crippen LogP contribution >= 0.6 is 0 Å². The van der Waals surface area contributed by atoms with Crippen LogP contribution in [0.2, 0.25) is 0 Å². The van der Waals surface area contributed by atoms with Crippen LogP contribution in [0.5, 0.6) is 11.5 Å². The Kier molecular flexibility index (Phi) is 5.51. The molecule has 2 N–H and O–H groups in total. The van der Waals surface area contributed by atoms with Crippen molar-refractivity contribution in [2.24, 2.45) is 0 Å². The largest absolute Gasteiger partial charge is 0.507 e. The third kappa shape index (κ3) is 3.77. The quantitative estimate of drug-likeness (QED) is 0.538. The predicted molar refractivity (Wildman–Crippen MR) is 117 cm³/mol. The third-order valence-corrected chi connectivity index (χ3v) is 5.96. The first kappa shape index (κ1) is 20.0. The van der Waals surface area contributed by atoms with E-state index in [-0.39, 0.29) is 11.8 Å². The molecule has 28 heavy (non-hydrogen) atoms. The maximum atomic E-state index is 10.0. The van der Waals surface area contributed by atoms with Crippen molar-refractivity contribution in [1.82, 2.24) is 0 Å². The SMILES string of the molecule is Cc1cc(C(C)c2ccc(C(C)c3cc(C)c(O)c(C)c3)cc2)cc(C)c1O. The maximum absolute atomic E-state index is 10.0. The Morgan fingerprint density at radius 3 is 1.00 bits per heavy atom. The predicted octanol–water partition coefficient (Wildman–Crippen LogP) is 6.64. The highest BCUT2D eigenvalue weighted by molar-refractivity contribution is 5.47. The van der Waals surface area contributed by atoms with E-state index in [1.807, 2.05) is 27.7 Å². The number of benzene rings is 3. The minimum absolute atomic E-state index is 0.264. The molecule has 3 aromatic rings. The molecule has 0 aliphatic carbocycles. The third-order valence-electron chi connectivity index (χ3n) is 5.96. The second-order valence-corrected chi connectivity index (χ2v) is 8.12. The fourth-order valence-corrected chi connectivity index (χ4v) is 3.94. The van der Waals surface area contributed by atoms with Gasteiger partial charge in [-0.05, 0) is 72.2 Å². The standard InChI is InChI=1S/C26H30O2/c1-15-11-23(12-16(2)25(15)27)19(5)21-7-9-22(10-8-21)20(6)24-13-17(3)26(28)18(4)14-24/h7-14,19-20,27-28H,1-6H3. The van der Waals surface area contributed by atoms with E-state index in [1.54, 1.807) is 0 Å². The van der Waals surface area contributed by atoms with Crippen molar-refractivity contribution in [1.29, 1.82) is 0 Å². The summed E-state index contributed by atoms with van der Waals surface area (Å²) in [5.74, 6) is 1.31. The molecule has 3 rings (SSSR count). The van der Waals surface area contributed by atoms with Crippen LogP contribution in [0.4, 0.5) is 0 Å². The van der Waals surface area contributed by atoms with Crippen molar-refractivity contribution < 1.29 is 10.2 Å². The highest BCUT2D eigenvalue weighted by Crippen LogP contribution is 2.33. The minimum Gasteiger partial charge on any atom is -0.507 e. The normalized spacial score (nSPS) is 13.4. The van der Waals surface area contributed by atoms with E-state index in [9.17, 15) is 10.2 Å². The Balaban J connectivity index is 1.87. The van der Waals surface area contributed by atoms with Crippen molar-refractivity contribution in [2.45, 2.75) is 53.4 Å². The fourth-order valence-electron chi connectivity index (χ4n) is 3.94. The zero-order valence-corrected chi connectivity index (χ0v) is 17.7. The lowest BCUT2D eigenvalue weighted by molar-refractivity contribution is 0.466. The van der Waals surface area contributed by atoms with Crippen molar-refractivity contribution in [2.75, 3.05) is 0 Å². The molecule has 0 radical (unpaired) electrons. The average molecular weight is 375 g/mol. The van der Waals surface area contributed by atoms with E-state index in [0.29, 0.717) is 11.5 Å². The van der Waals surface area contributed by atoms with Crippen molar-refractivity contribution in [3.05, 3.63) is 93.0 Å². The highest BCUT2D eigenvalue weighted by atomic mass is 16.3. The first-order valence-corrected chi connectivity index (χ1v) is 9.89. The van der Waals surface area contributed by atoms with Crippen LogP contribution in [0.15, 0.2) is 48.5 Å². The van der Waals surface area contributed by atoms with E-state index < -0.39 is 0 Å². The molecule has 0 bridgehead atoms. The lowest BCUT2D eigenvalue weighted by Gasteiger charge is -2.18. The van der Waals surface area contributed by atoms with Crippen molar-refractivity contribution >= 4 is 0 Å². The van der Waals surface area contributed by atoms with Gasteiger partial charge in [0.25, 0.3) is 0 Å². The number of phenolic OH excluding ortho intramolecular Hbond substituents is 2. The number of aromatic hydroxyl groups is 2. The van der Waals surface area contributed by atoms with Gasteiger partial charge in [-0.3, -0.25) is 0 Å². The van der Waals surface area contributed by atoms with Gasteiger partial charge in [0.05, 0.1) is 0 Å². The number of hydrogen-bond acceptors (Lipinski definition) is 2. The van der Waals surface area contributed by atoms with Gasteiger partial charge in [0.15, 0.2) is 0 Å². The van der Waals surface area contributed by atoms with Gasteiger partial charge in [-0.15, -0.1) is 0 Å². The van der Waals surface area contributed by atoms with Gasteiger partial charge >= 0.3 is 0 Å². The van der Waals surface area contributed by atoms with Gasteiger partial charge in [-0.1, -0.05) is 62.4 Å². The van der Waals surface area contributed by atoms with Gasteiger partial charge in [0.2, 0.25) is 0 Å². The molecule has 2 unspecified atom stereocenters. The number of rotatable bonds is 4. The van der Waals surface area contributed by atoms with E-state index >= 15 is 0 Å². The molecule has 0 aliphatic rings. The average Bonchev–Trinajstić information content (AvgIpc) is 2.68. The maximum Gasteiger partial charge on any atom is 0.121 e. The summed E-state index contributed by atoms with van der Waals surface area (Å²) in [5.41, 5.74) is 8.65. The summed E-state index contributed by atoms with van der Waals surface area (Å²) < 4.78 is 0. The van der Waals surface area contributed by atoms with Crippen LogP contribution in [0.1, 0.15) is 70.2 Å². The van der Waals surface area contributed by atoms with Gasteiger partial charge < -0.3 is 10.2 Å². The Hall–Kier alpha value is -2.74. The second-order valence-electron chi connectivity index (χ2n) is 8.12. The second kappa shape index (κ2) is 7.71. The van der Waals surface area contributed by atoms with Crippen LogP contribution in [-0.2, 0) is 0 Å². The molecule has 0 spiro atoms. The number of hydrogen-bond donors (Lipinski definition) is 2. The van der Waals surface area contributed by atoms with E-state index in [4.69, 9.17) is 0 Å². The zero-order valence-electron chi connectivity index (χ0n) is 17.7. The summed E-state index contributed by atoms with van der Waals surface area (Å²) in [6.45, 7) is 12.2. The molecule has 0 fully saturated rings. The topological polar surface area (TPSA) is 40.5 Å². The van der Waals surface area contributed by atoms with E-state index in [1.165, 1.54) is 22.3 Å². The zero-order chi connectivity index (χ0) is 20.6. The first-order chi connectivity index (χ1) is 13.2. The summed E-state index contributed by atoms with van der Waals surface area (Å²) in [7, 11) is 0. The molecule has 2 nitrogen and oxygen atoms in total. The molecule has 0 saturated carbocycles. The molecule has 0 saturated heterocycles. The van der Waals surface area contributed by atoms with Gasteiger partial charge in [0, 0.05) is 11.8 Å². The smallest absolute Gasteiger partial charge is 0.121 e. The lowest BCUT2D eigenvalue weighted by Crippen LogP contribution is -2.01. The molecule has 0 aliphatic heterocycles. The van der Waals surface area contributed by atoms with Crippen LogP contribution in [0.25, 0.3) is 0 Å². The Labute approximate surface area is 168 Å². The molecule has 0 aromatic heterocycles.